The van der Waals surface area contributed by atoms with Crippen LogP contribution in [0.3, 0.4) is 0 Å². The molecular weight excluding hydrogens is 337 g/mol. The molecule has 7 heteroatoms. The number of ether oxygens (including phenoxy) is 2. The van der Waals surface area contributed by atoms with Gasteiger partial charge in [-0.05, 0) is 35.9 Å². The van der Waals surface area contributed by atoms with E-state index in [1.807, 2.05) is 18.2 Å². The highest BCUT2D eigenvalue weighted by atomic mass is 19.1. The van der Waals surface area contributed by atoms with E-state index in [1.165, 1.54) is 12.1 Å². The average Bonchev–Trinajstić information content (AvgIpc) is 3.10. The van der Waals surface area contributed by atoms with Crippen molar-refractivity contribution in [2.45, 2.75) is 6.54 Å². The highest BCUT2D eigenvalue weighted by Crippen LogP contribution is 2.32. The Hall–Kier alpha value is -2.80. The Labute approximate surface area is 151 Å². The van der Waals surface area contributed by atoms with E-state index in [-0.39, 0.29) is 18.6 Å². The van der Waals surface area contributed by atoms with E-state index in [2.05, 4.69) is 10.2 Å². The molecule has 4 rings (SSSR count). The molecule has 6 nitrogen and oxygen atoms in total. The van der Waals surface area contributed by atoms with Crippen LogP contribution in [0.15, 0.2) is 42.5 Å². The second-order valence-corrected chi connectivity index (χ2v) is 6.39. The fourth-order valence-electron chi connectivity index (χ4n) is 3.18. The molecule has 0 atom stereocenters. The van der Waals surface area contributed by atoms with Gasteiger partial charge in [0.15, 0.2) is 11.5 Å². The van der Waals surface area contributed by atoms with Gasteiger partial charge in [0.1, 0.15) is 5.82 Å². The fraction of sp³-hybridized carbons (Fsp3) is 0.316. The molecule has 0 unspecified atom stereocenters. The molecule has 0 radical (unpaired) electrons. The Kier molecular flexibility index (Phi) is 4.62. The molecule has 26 heavy (non-hydrogen) atoms. The predicted octanol–water partition coefficient (Wildman–Crippen LogP) is 2.90. The van der Waals surface area contributed by atoms with Gasteiger partial charge in [0.05, 0.1) is 0 Å². The summed E-state index contributed by atoms with van der Waals surface area (Å²) in [7, 11) is 0. The number of nitrogens with one attached hydrogen (secondary N) is 1. The number of piperazine rings is 1. The fourth-order valence-corrected chi connectivity index (χ4v) is 3.18. The number of rotatable bonds is 3. The molecule has 0 spiro atoms. The van der Waals surface area contributed by atoms with Gasteiger partial charge < -0.3 is 19.7 Å². The molecule has 0 aliphatic carbocycles. The summed E-state index contributed by atoms with van der Waals surface area (Å²) < 4.78 is 24.0. The third kappa shape index (κ3) is 3.72. The van der Waals surface area contributed by atoms with Gasteiger partial charge in [0.2, 0.25) is 6.79 Å². The van der Waals surface area contributed by atoms with Crippen LogP contribution >= 0.6 is 0 Å². The number of benzene rings is 2. The average molecular weight is 357 g/mol. The minimum atomic E-state index is -0.364. The third-order valence-electron chi connectivity index (χ3n) is 4.58. The van der Waals surface area contributed by atoms with Crippen molar-refractivity contribution >= 4 is 11.7 Å². The summed E-state index contributed by atoms with van der Waals surface area (Å²) >= 11 is 0. The predicted molar refractivity (Wildman–Crippen MR) is 94.8 cm³/mol. The van der Waals surface area contributed by atoms with Crippen LogP contribution in [-0.4, -0.2) is 48.8 Å². The van der Waals surface area contributed by atoms with Crippen molar-refractivity contribution in [2.75, 3.05) is 38.3 Å². The zero-order valence-corrected chi connectivity index (χ0v) is 14.3. The molecule has 2 heterocycles. The van der Waals surface area contributed by atoms with Crippen LogP contribution in [0.1, 0.15) is 5.56 Å². The molecule has 2 aromatic carbocycles. The quantitative estimate of drug-likeness (QED) is 0.918. The minimum absolute atomic E-state index is 0.196. The number of urea groups is 1. The normalized spacial score (nSPS) is 16.6. The lowest BCUT2D eigenvalue weighted by Gasteiger charge is -2.34. The first-order chi connectivity index (χ1) is 12.7. The van der Waals surface area contributed by atoms with Gasteiger partial charge in [-0.2, -0.15) is 0 Å². The van der Waals surface area contributed by atoms with Crippen LogP contribution in [-0.2, 0) is 6.54 Å². The number of anilines is 1. The van der Waals surface area contributed by atoms with Gasteiger partial charge in [0, 0.05) is 38.4 Å². The third-order valence-corrected chi connectivity index (χ3v) is 4.58. The maximum Gasteiger partial charge on any atom is 0.321 e. The minimum Gasteiger partial charge on any atom is -0.454 e. The first-order valence-corrected chi connectivity index (χ1v) is 8.60. The van der Waals surface area contributed by atoms with Crippen molar-refractivity contribution in [1.29, 1.82) is 0 Å². The molecule has 1 saturated heterocycles. The van der Waals surface area contributed by atoms with Crippen molar-refractivity contribution < 1.29 is 18.7 Å². The highest BCUT2D eigenvalue weighted by molar-refractivity contribution is 5.89. The van der Waals surface area contributed by atoms with E-state index in [9.17, 15) is 9.18 Å². The van der Waals surface area contributed by atoms with E-state index in [1.54, 1.807) is 17.0 Å². The van der Waals surface area contributed by atoms with E-state index >= 15 is 0 Å². The molecule has 2 aliphatic rings. The van der Waals surface area contributed by atoms with Crippen molar-refractivity contribution in [3.05, 3.63) is 53.8 Å². The van der Waals surface area contributed by atoms with Crippen molar-refractivity contribution in [3.63, 3.8) is 0 Å². The number of carbonyl (C=O) groups is 1. The summed E-state index contributed by atoms with van der Waals surface area (Å²) in [5.74, 6) is 1.21. The second-order valence-electron chi connectivity index (χ2n) is 6.39. The maximum absolute atomic E-state index is 13.2. The largest absolute Gasteiger partial charge is 0.454 e. The van der Waals surface area contributed by atoms with Gasteiger partial charge >= 0.3 is 6.03 Å². The van der Waals surface area contributed by atoms with Crippen LogP contribution in [0.25, 0.3) is 0 Å². The van der Waals surface area contributed by atoms with Gasteiger partial charge in [-0.25, -0.2) is 9.18 Å². The lowest BCUT2D eigenvalue weighted by molar-refractivity contribution is 0.143. The molecule has 2 amide bonds. The number of amides is 2. The lowest BCUT2D eigenvalue weighted by atomic mass is 10.1. The second kappa shape index (κ2) is 7.21. The van der Waals surface area contributed by atoms with Crippen LogP contribution in [0.2, 0.25) is 0 Å². The zero-order chi connectivity index (χ0) is 17.9. The molecule has 136 valence electrons. The summed E-state index contributed by atoms with van der Waals surface area (Å²) in [5.41, 5.74) is 1.63. The van der Waals surface area contributed by atoms with Crippen molar-refractivity contribution in [2.24, 2.45) is 0 Å². The molecule has 0 bridgehead atoms. The van der Waals surface area contributed by atoms with Crippen LogP contribution < -0.4 is 14.8 Å². The summed E-state index contributed by atoms with van der Waals surface area (Å²) in [5, 5.41) is 2.74. The number of fused-ring (bicyclic) bond motifs is 1. The van der Waals surface area contributed by atoms with Crippen LogP contribution in [0, 0.1) is 5.82 Å². The summed E-state index contributed by atoms with van der Waals surface area (Å²) in [4.78, 5) is 16.4. The van der Waals surface area contributed by atoms with Gasteiger partial charge in [-0.1, -0.05) is 12.1 Å². The molecule has 1 fully saturated rings. The van der Waals surface area contributed by atoms with Crippen molar-refractivity contribution in [1.82, 2.24) is 9.80 Å². The Balaban J connectivity index is 1.29. The van der Waals surface area contributed by atoms with E-state index in [4.69, 9.17) is 9.47 Å². The highest BCUT2D eigenvalue weighted by Gasteiger charge is 2.22. The number of halogens is 1. The standard InChI is InChI=1S/C19H20FN3O3/c20-15-2-1-3-16(11-15)21-19(24)23-8-6-22(7-9-23)12-14-4-5-17-18(10-14)26-13-25-17/h1-5,10-11H,6-9,12-13H2,(H,21,24). The summed E-state index contributed by atoms with van der Waals surface area (Å²) in [6, 6.07) is 11.7. The number of nitrogens with zero attached hydrogens (tertiary/aromatic N) is 2. The Morgan fingerprint density at radius 2 is 1.85 bits per heavy atom. The Morgan fingerprint density at radius 3 is 2.65 bits per heavy atom. The maximum atomic E-state index is 13.2. The Morgan fingerprint density at radius 1 is 1.04 bits per heavy atom. The molecule has 2 aliphatic heterocycles. The van der Waals surface area contributed by atoms with Crippen molar-refractivity contribution in [3.8, 4) is 11.5 Å². The monoisotopic (exact) mass is 357 g/mol. The smallest absolute Gasteiger partial charge is 0.321 e. The zero-order valence-electron chi connectivity index (χ0n) is 14.3. The Bertz CT molecular complexity index is 806. The molecule has 0 saturated carbocycles. The van der Waals surface area contributed by atoms with Gasteiger partial charge in [-0.3, -0.25) is 4.90 Å². The first kappa shape index (κ1) is 16.7. The van der Waals surface area contributed by atoms with Crippen LogP contribution in [0.4, 0.5) is 14.9 Å². The van der Waals surface area contributed by atoms with Gasteiger partial charge in [-0.15, -0.1) is 0 Å². The number of hydrogen-bond donors (Lipinski definition) is 1. The molecule has 1 N–H and O–H groups in total. The SMILES string of the molecule is O=C(Nc1cccc(F)c1)N1CCN(Cc2ccc3c(c2)OCO3)CC1. The number of carbonyl (C=O) groups excluding carboxylic acids is 1. The molecule has 0 aromatic heterocycles. The lowest BCUT2D eigenvalue weighted by Crippen LogP contribution is -2.49. The summed E-state index contributed by atoms with van der Waals surface area (Å²) in [6.07, 6.45) is 0. The van der Waals surface area contributed by atoms with E-state index < -0.39 is 0 Å². The molecular formula is C19H20FN3O3. The number of hydrogen-bond acceptors (Lipinski definition) is 4. The van der Waals surface area contributed by atoms with E-state index in [0.717, 1.165) is 36.7 Å². The summed E-state index contributed by atoms with van der Waals surface area (Å²) in [6.45, 7) is 3.90. The molecule has 2 aromatic rings. The first-order valence-electron chi connectivity index (χ1n) is 8.60. The topological polar surface area (TPSA) is 54.0 Å². The van der Waals surface area contributed by atoms with E-state index in [0.29, 0.717) is 18.8 Å². The van der Waals surface area contributed by atoms with Crippen LogP contribution in [0.5, 0.6) is 11.5 Å². The van der Waals surface area contributed by atoms with Gasteiger partial charge in [0.25, 0.3) is 0 Å².